The Morgan fingerprint density at radius 1 is 1.28 bits per heavy atom. The van der Waals surface area contributed by atoms with Crippen molar-refractivity contribution in [1.82, 2.24) is 0 Å². The second kappa shape index (κ2) is 9.71. The molecule has 1 saturated heterocycles. The molecule has 0 radical (unpaired) electrons. The molecule has 0 saturated carbocycles. The van der Waals surface area contributed by atoms with Crippen molar-refractivity contribution in [3.63, 3.8) is 0 Å². The monoisotopic (exact) mass is 394 g/mol. The van der Waals surface area contributed by atoms with Gasteiger partial charge in [-0.2, -0.15) is 5.26 Å². The number of rotatable bonds is 7. The summed E-state index contributed by atoms with van der Waals surface area (Å²) in [5.41, 5.74) is 1.21. The van der Waals surface area contributed by atoms with E-state index in [1.165, 1.54) is 6.92 Å². The van der Waals surface area contributed by atoms with Crippen molar-refractivity contribution in [3.05, 3.63) is 59.7 Å². The van der Waals surface area contributed by atoms with Crippen molar-refractivity contribution in [2.45, 2.75) is 32.0 Å². The summed E-state index contributed by atoms with van der Waals surface area (Å²) >= 11 is 0. The average Bonchev–Trinajstić information content (AvgIpc) is 3.26. The molecule has 2 aromatic rings. The molecular weight excluding hydrogens is 372 g/mol. The number of carbonyl (C=O) groups is 2. The van der Waals surface area contributed by atoms with Crippen LogP contribution in [0.25, 0.3) is 0 Å². The third-order valence-corrected chi connectivity index (χ3v) is 4.46. The Bertz CT molecular complexity index is 898. The van der Waals surface area contributed by atoms with Gasteiger partial charge >= 0.3 is 5.97 Å². The number of hydrogen-bond acceptors (Lipinski definition) is 6. The number of nitrogens with one attached hydrogen (secondary N) is 1. The highest BCUT2D eigenvalue weighted by Crippen LogP contribution is 2.17. The first-order chi connectivity index (χ1) is 14.0. The molecule has 1 fully saturated rings. The summed E-state index contributed by atoms with van der Waals surface area (Å²) in [7, 11) is 0. The SMILES string of the molecule is C[C@H](OC(=O)c1ccc(OC[C@H]2CCCO2)cc1)C(=O)Nc1cccc(C#N)c1. The standard InChI is InChI=1S/C22H22N2O5/c1-15(21(25)24-18-5-2-4-16(12-18)13-23)29-22(26)17-7-9-19(10-8-17)28-14-20-6-3-11-27-20/h2,4-5,7-10,12,15,20H,3,6,11,14H2,1H3,(H,24,25)/t15-,20+/m0/s1. The molecule has 0 bridgehead atoms. The van der Waals surface area contributed by atoms with Gasteiger partial charge in [-0.3, -0.25) is 4.79 Å². The molecule has 1 heterocycles. The second-order valence-corrected chi connectivity index (χ2v) is 6.70. The highest BCUT2D eigenvalue weighted by molar-refractivity contribution is 5.97. The zero-order chi connectivity index (χ0) is 20.6. The Hall–Kier alpha value is -3.37. The van der Waals surface area contributed by atoms with Crippen LogP contribution in [-0.2, 0) is 14.3 Å². The Kier molecular flexibility index (Phi) is 6.82. The number of ether oxygens (including phenoxy) is 3. The maximum absolute atomic E-state index is 12.3. The number of anilines is 1. The summed E-state index contributed by atoms with van der Waals surface area (Å²) in [6.07, 6.45) is 1.16. The van der Waals surface area contributed by atoms with Gasteiger partial charge in [-0.25, -0.2) is 4.79 Å². The number of benzene rings is 2. The molecule has 7 nitrogen and oxygen atoms in total. The van der Waals surface area contributed by atoms with E-state index >= 15 is 0 Å². The fraction of sp³-hybridized carbons (Fsp3) is 0.318. The average molecular weight is 394 g/mol. The van der Waals surface area contributed by atoms with Gasteiger partial charge in [-0.15, -0.1) is 0 Å². The van der Waals surface area contributed by atoms with E-state index in [2.05, 4.69) is 5.32 Å². The number of carbonyl (C=O) groups excluding carboxylic acids is 2. The highest BCUT2D eigenvalue weighted by atomic mass is 16.5. The maximum atomic E-state index is 12.3. The van der Waals surface area contributed by atoms with Crippen LogP contribution in [0.2, 0.25) is 0 Å². The van der Waals surface area contributed by atoms with Crippen LogP contribution in [-0.4, -0.2) is 37.3 Å². The van der Waals surface area contributed by atoms with Crippen LogP contribution in [0.15, 0.2) is 48.5 Å². The van der Waals surface area contributed by atoms with E-state index in [4.69, 9.17) is 19.5 Å². The number of nitriles is 1. The van der Waals surface area contributed by atoms with Crippen LogP contribution in [0, 0.1) is 11.3 Å². The topological polar surface area (TPSA) is 97.7 Å². The first kappa shape index (κ1) is 20.4. The smallest absolute Gasteiger partial charge is 0.338 e. The molecular formula is C22H22N2O5. The minimum atomic E-state index is -0.997. The summed E-state index contributed by atoms with van der Waals surface area (Å²) in [6.45, 7) is 2.74. The van der Waals surface area contributed by atoms with Crippen LogP contribution in [0.1, 0.15) is 35.7 Å². The molecule has 2 aromatic carbocycles. The minimum Gasteiger partial charge on any atom is -0.491 e. The van der Waals surface area contributed by atoms with Gasteiger partial charge in [0.2, 0.25) is 0 Å². The summed E-state index contributed by atoms with van der Waals surface area (Å²) in [5.74, 6) is -0.450. The predicted molar refractivity (Wildman–Crippen MR) is 106 cm³/mol. The molecule has 0 aromatic heterocycles. The summed E-state index contributed by atoms with van der Waals surface area (Å²) in [6, 6.07) is 15.0. The quantitative estimate of drug-likeness (QED) is 0.724. The van der Waals surface area contributed by atoms with Gasteiger partial charge in [0.15, 0.2) is 6.10 Å². The van der Waals surface area contributed by atoms with Gasteiger partial charge in [0, 0.05) is 12.3 Å². The van der Waals surface area contributed by atoms with Crippen molar-refractivity contribution < 1.29 is 23.8 Å². The highest BCUT2D eigenvalue weighted by Gasteiger charge is 2.20. The van der Waals surface area contributed by atoms with Crippen molar-refractivity contribution in [2.75, 3.05) is 18.5 Å². The van der Waals surface area contributed by atoms with E-state index < -0.39 is 18.0 Å². The van der Waals surface area contributed by atoms with Gasteiger partial charge in [-0.1, -0.05) is 6.07 Å². The number of nitrogens with zero attached hydrogens (tertiary/aromatic N) is 1. The molecule has 1 aliphatic heterocycles. The van der Waals surface area contributed by atoms with Gasteiger partial charge < -0.3 is 19.5 Å². The molecule has 3 rings (SSSR count). The fourth-order valence-electron chi connectivity index (χ4n) is 2.84. The lowest BCUT2D eigenvalue weighted by Gasteiger charge is -2.14. The predicted octanol–water partition coefficient (Wildman–Crippen LogP) is 3.30. The molecule has 0 unspecified atom stereocenters. The van der Waals surface area contributed by atoms with Gasteiger partial charge in [-0.05, 0) is 62.2 Å². The third kappa shape index (κ3) is 5.80. The molecule has 0 aliphatic carbocycles. The van der Waals surface area contributed by atoms with Gasteiger partial charge in [0.05, 0.1) is 23.3 Å². The molecule has 1 N–H and O–H groups in total. The molecule has 2 atom stereocenters. The third-order valence-electron chi connectivity index (χ3n) is 4.46. The number of esters is 1. The Labute approximate surface area is 169 Å². The van der Waals surface area contributed by atoms with Crippen LogP contribution >= 0.6 is 0 Å². The molecule has 150 valence electrons. The second-order valence-electron chi connectivity index (χ2n) is 6.70. The Morgan fingerprint density at radius 3 is 2.76 bits per heavy atom. The van der Waals surface area contributed by atoms with E-state index in [1.54, 1.807) is 48.5 Å². The first-order valence-corrected chi connectivity index (χ1v) is 9.41. The number of hydrogen-bond donors (Lipinski definition) is 1. The van der Waals surface area contributed by atoms with Crippen molar-refractivity contribution in [3.8, 4) is 11.8 Å². The summed E-state index contributed by atoms with van der Waals surface area (Å²) < 4.78 is 16.4. The lowest BCUT2D eigenvalue weighted by atomic mass is 10.2. The van der Waals surface area contributed by atoms with E-state index in [9.17, 15) is 9.59 Å². The van der Waals surface area contributed by atoms with E-state index in [0.29, 0.717) is 29.2 Å². The van der Waals surface area contributed by atoms with Crippen LogP contribution in [0.5, 0.6) is 5.75 Å². The Morgan fingerprint density at radius 2 is 2.07 bits per heavy atom. The Balaban J connectivity index is 1.50. The largest absolute Gasteiger partial charge is 0.491 e. The molecule has 0 spiro atoms. The van der Waals surface area contributed by atoms with Crippen molar-refractivity contribution in [2.24, 2.45) is 0 Å². The van der Waals surface area contributed by atoms with Crippen molar-refractivity contribution >= 4 is 17.6 Å². The van der Waals surface area contributed by atoms with Crippen LogP contribution in [0.4, 0.5) is 5.69 Å². The lowest BCUT2D eigenvalue weighted by Crippen LogP contribution is -2.30. The van der Waals surface area contributed by atoms with Crippen LogP contribution < -0.4 is 10.1 Å². The van der Waals surface area contributed by atoms with Crippen LogP contribution in [0.3, 0.4) is 0 Å². The van der Waals surface area contributed by atoms with Gasteiger partial charge in [0.25, 0.3) is 5.91 Å². The summed E-state index contributed by atoms with van der Waals surface area (Å²) in [4.78, 5) is 24.5. The molecule has 29 heavy (non-hydrogen) atoms. The zero-order valence-corrected chi connectivity index (χ0v) is 16.1. The van der Waals surface area contributed by atoms with E-state index in [1.807, 2.05) is 6.07 Å². The lowest BCUT2D eigenvalue weighted by molar-refractivity contribution is -0.123. The fourth-order valence-corrected chi connectivity index (χ4v) is 2.84. The normalized spacial score (nSPS) is 16.5. The molecule has 1 aliphatic rings. The molecule has 7 heteroatoms. The number of amides is 1. The van der Waals surface area contributed by atoms with Crippen molar-refractivity contribution in [1.29, 1.82) is 5.26 Å². The minimum absolute atomic E-state index is 0.118. The summed E-state index contributed by atoms with van der Waals surface area (Å²) in [5, 5.41) is 11.5. The van der Waals surface area contributed by atoms with E-state index in [-0.39, 0.29) is 6.10 Å². The van der Waals surface area contributed by atoms with E-state index in [0.717, 1.165) is 19.4 Å². The maximum Gasteiger partial charge on any atom is 0.338 e. The zero-order valence-electron chi connectivity index (χ0n) is 16.1. The molecule has 1 amide bonds. The first-order valence-electron chi connectivity index (χ1n) is 9.41. The van der Waals surface area contributed by atoms with Gasteiger partial charge in [0.1, 0.15) is 12.4 Å².